The summed E-state index contributed by atoms with van der Waals surface area (Å²) in [7, 11) is 0. The summed E-state index contributed by atoms with van der Waals surface area (Å²) in [5.74, 6) is 1.24. The normalized spacial score (nSPS) is 8.59. The number of rotatable bonds is 1. The van der Waals surface area contributed by atoms with E-state index in [4.69, 9.17) is 4.52 Å². The van der Waals surface area contributed by atoms with E-state index in [2.05, 4.69) is 10.1 Å². The third kappa shape index (κ3) is 4.81. The first-order valence-corrected chi connectivity index (χ1v) is 6.13. The van der Waals surface area contributed by atoms with E-state index in [0.717, 1.165) is 5.56 Å². The topological polar surface area (TPSA) is 38.9 Å². The highest BCUT2D eigenvalue weighted by Crippen LogP contribution is 2.15. The van der Waals surface area contributed by atoms with E-state index < -0.39 is 0 Å². The summed E-state index contributed by atoms with van der Waals surface area (Å²) in [6.45, 7) is 11.8. The van der Waals surface area contributed by atoms with E-state index in [-0.39, 0.29) is 0 Å². The molecule has 94 valence electrons. The standard InChI is InChI=1S/C10H10N2O.2C2H6/c1-7-3-5-9(6-4-7)10-11-8(2)13-12-10;2*1-2/h3-6H,1-2H3;2*1-2H3. The highest BCUT2D eigenvalue weighted by atomic mass is 16.5. The Morgan fingerprint density at radius 3 is 1.82 bits per heavy atom. The molecule has 0 spiro atoms. The van der Waals surface area contributed by atoms with Crippen LogP contribution in [0.3, 0.4) is 0 Å². The summed E-state index contributed by atoms with van der Waals surface area (Å²) in [5, 5.41) is 3.83. The van der Waals surface area contributed by atoms with Crippen molar-refractivity contribution in [3.05, 3.63) is 35.7 Å². The summed E-state index contributed by atoms with van der Waals surface area (Å²) >= 11 is 0. The molecule has 0 aliphatic carbocycles. The second kappa shape index (κ2) is 8.50. The molecular formula is C14H22N2O. The Kier molecular flexibility index (Phi) is 7.68. The molecule has 0 N–H and O–H groups in total. The van der Waals surface area contributed by atoms with Crippen molar-refractivity contribution in [2.75, 3.05) is 0 Å². The van der Waals surface area contributed by atoms with Crippen molar-refractivity contribution < 1.29 is 4.52 Å². The van der Waals surface area contributed by atoms with Gasteiger partial charge in [-0.2, -0.15) is 4.98 Å². The summed E-state index contributed by atoms with van der Waals surface area (Å²) in [4.78, 5) is 4.13. The molecule has 1 aromatic carbocycles. The molecule has 0 bridgehead atoms. The number of nitrogens with zero attached hydrogens (tertiary/aromatic N) is 2. The van der Waals surface area contributed by atoms with Gasteiger partial charge in [-0.1, -0.05) is 62.7 Å². The minimum absolute atomic E-state index is 0.593. The second-order valence-electron chi connectivity index (χ2n) is 3.00. The summed E-state index contributed by atoms with van der Waals surface area (Å²) in [6, 6.07) is 8.03. The zero-order valence-electron chi connectivity index (χ0n) is 11.6. The van der Waals surface area contributed by atoms with Gasteiger partial charge in [0.1, 0.15) is 0 Å². The molecule has 0 aliphatic rings. The molecule has 2 rings (SSSR count). The van der Waals surface area contributed by atoms with Gasteiger partial charge in [-0.25, -0.2) is 0 Å². The minimum Gasteiger partial charge on any atom is -0.339 e. The quantitative estimate of drug-likeness (QED) is 0.733. The van der Waals surface area contributed by atoms with Crippen molar-refractivity contribution in [1.82, 2.24) is 10.1 Å². The van der Waals surface area contributed by atoms with Gasteiger partial charge in [0.15, 0.2) is 0 Å². The molecule has 0 radical (unpaired) electrons. The Morgan fingerprint density at radius 1 is 0.882 bits per heavy atom. The first-order chi connectivity index (χ1) is 8.25. The molecule has 1 heterocycles. The van der Waals surface area contributed by atoms with E-state index in [1.165, 1.54) is 5.56 Å². The smallest absolute Gasteiger partial charge is 0.223 e. The maximum absolute atomic E-state index is 4.89. The second-order valence-corrected chi connectivity index (χ2v) is 3.00. The van der Waals surface area contributed by atoms with Crippen LogP contribution in [0.15, 0.2) is 28.8 Å². The van der Waals surface area contributed by atoms with E-state index in [1.807, 2.05) is 58.9 Å². The Hall–Kier alpha value is -1.64. The summed E-state index contributed by atoms with van der Waals surface area (Å²) in [6.07, 6.45) is 0. The minimum atomic E-state index is 0.593. The van der Waals surface area contributed by atoms with Crippen LogP contribution < -0.4 is 0 Å². The molecule has 0 atom stereocenters. The highest BCUT2D eigenvalue weighted by Gasteiger charge is 2.03. The fraction of sp³-hybridized carbons (Fsp3) is 0.429. The molecule has 0 saturated carbocycles. The van der Waals surface area contributed by atoms with Crippen molar-refractivity contribution in [3.8, 4) is 11.4 Å². The fourth-order valence-electron chi connectivity index (χ4n) is 1.12. The van der Waals surface area contributed by atoms with Crippen LogP contribution in [-0.2, 0) is 0 Å². The molecule has 0 unspecified atom stereocenters. The first kappa shape index (κ1) is 15.4. The number of hydrogen-bond acceptors (Lipinski definition) is 3. The SMILES string of the molecule is CC.CC.Cc1ccc(-c2noc(C)n2)cc1. The number of aromatic nitrogens is 2. The molecule has 2 aromatic rings. The Balaban J connectivity index is 0.000000581. The molecule has 1 aromatic heterocycles. The Morgan fingerprint density at radius 2 is 1.41 bits per heavy atom. The third-order valence-corrected chi connectivity index (χ3v) is 1.84. The van der Waals surface area contributed by atoms with Crippen molar-refractivity contribution in [1.29, 1.82) is 0 Å². The fourth-order valence-corrected chi connectivity index (χ4v) is 1.12. The van der Waals surface area contributed by atoms with E-state index in [9.17, 15) is 0 Å². The molecule has 0 aliphatic heterocycles. The van der Waals surface area contributed by atoms with Crippen LogP contribution in [0, 0.1) is 13.8 Å². The first-order valence-electron chi connectivity index (χ1n) is 6.13. The molecule has 17 heavy (non-hydrogen) atoms. The average Bonchev–Trinajstić information content (AvgIpc) is 2.82. The van der Waals surface area contributed by atoms with Crippen LogP contribution in [0.2, 0.25) is 0 Å². The van der Waals surface area contributed by atoms with Crippen LogP contribution in [0.4, 0.5) is 0 Å². The van der Waals surface area contributed by atoms with Crippen molar-refractivity contribution in [2.24, 2.45) is 0 Å². The maximum atomic E-state index is 4.89. The van der Waals surface area contributed by atoms with Crippen LogP contribution in [0.5, 0.6) is 0 Å². The lowest BCUT2D eigenvalue weighted by Crippen LogP contribution is -1.80. The number of aryl methyl sites for hydroxylation is 2. The average molecular weight is 234 g/mol. The predicted molar refractivity (Wildman–Crippen MR) is 71.9 cm³/mol. The van der Waals surface area contributed by atoms with Crippen LogP contribution in [-0.4, -0.2) is 10.1 Å². The van der Waals surface area contributed by atoms with Gasteiger partial charge in [-0.15, -0.1) is 0 Å². The summed E-state index contributed by atoms with van der Waals surface area (Å²) in [5.41, 5.74) is 2.21. The predicted octanol–water partition coefficient (Wildman–Crippen LogP) is 4.41. The zero-order valence-corrected chi connectivity index (χ0v) is 11.6. The molecular weight excluding hydrogens is 212 g/mol. The zero-order chi connectivity index (χ0) is 13.3. The third-order valence-electron chi connectivity index (χ3n) is 1.84. The van der Waals surface area contributed by atoms with Gasteiger partial charge in [0, 0.05) is 12.5 Å². The summed E-state index contributed by atoms with van der Waals surface area (Å²) < 4.78 is 4.89. The van der Waals surface area contributed by atoms with Crippen LogP contribution in [0.25, 0.3) is 11.4 Å². The van der Waals surface area contributed by atoms with Crippen molar-refractivity contribution >= 4 is 0 Å². The number of benzene rings is 1. The van der Waals surface area contributed by atoms with Gasteiger partial charge in [-0.3, -0.25) is 0 Å². The van der Waals surface area contributed by atoms with E-state index >= 15 is 0 Å². The van der Waals surface area contributed by atoms with Crippen molar-refractivity contribution in [3.63, 3.8) is 0 Å². The Labute approximate surface area is 104 Å². The molecule has 0 amide bonds. The van der Waals surface area contributed by atoms with Gasteiger partial charge in [0.05, 0.1) is 0 Å². The molecule has 0 fully saturated rings. The van der Waals surface area contributed by atoms with Gasteiger partial charge in [0.25, 0.3) is 0 Å². The lowest BCUT2D eigenvalue weighted by atomic mass is 10.1. The van der Waals surface area contributed by atoms with E-state index in [1.54, 1.807) is 6.92 Å². The maximum Gasteiger partial charge on any atom is 0.223 e. The highest BCUT2D eigenvalue weighted by molar-refractivity contribution is 5.54. The van der Waals surface area contributed by atoms with Gasteiger partial charge < -0.3 is 4.52 Å². The monoisotopic (exact) mass is 234 g/mol. The molecule has 0 saturated heterocycles. The molecule has 3 heteroatoms. The van der Waals surface area contributed by atoms with Crippen molar-refractivity contribution in [2.45, 2.75) is 41.5 Å². The van der Waals surface area contributed by atoms with Crippen LogP contribution >= 0.6 is 0 Å². The lowest BCUT2D eigenvalue weighted by molar-refractivity contribution is 0.394. The van der Waals surface area contributed by atoms with Gasteiger partial charge in [0.2, 0.25) is 11.7 Å². The number of hydrogen-bond donors (Lipinski definition) is 0. The van der Waals surface area contributed by atoms with E-state index in [0.29, 0.717) is 11.7 Å². The largest absolute Gasteiger partial charge is 0.339 e. The van der Waals surface area contributed by atoms with Gasteiger partial charge >= 0.3 is 0 Å². The Bertz CT molecular complexity index is 404. The van der Waals surface area contributed by atoms with Gasteiger partial charge in [-0.05, 0) is 6.92 Å². The van der Waals surface area contributed by atoms with Crippen LogP contribution in [0.1, 0.15) is 39.1 Å². The lowest BCUT2D eigenvalue weighted by Gasteiger charge is -1.93. The molecule has 3 nitrogen and oxygen atoms in total.